The first kappa shape index (κ1) is 27.0. The molecule has 2 aliphatic heterocycles. The maximum absolute atomic E-state index is 14.7. The highest BCUT2D eigenvalue weighted by atomic mass is 19.1. The van der Waals surface area contributed by atoms with Gasteiger partial charge in [0.05, 0.1) is 28.6 Å². The van der Waals surface area contributed by atoms with Crippen LogP contribution in [0, 0.1) is 5.82 Å². The number of fused-ring (bicyclic) bond motifs is 3. The van der Waals surface area contributed by atoms with Gasteiger partial charge in [-0.05, 0) is 96.5 Å². The van der Waals surface area contributed by atoms with Gasteiger partial charge in [-0.25, -0.2) is 14.4 Å². The van der Waals surface area contributed by atoms with E-state index in [2.05, 4.69) is 71.1 Å². The molecule has 0 atom stereocenters. The third kappa shape index (κ3) is 4.21. The Bertz CT molecular complexity index is 1670. The highest BCUT2D eigenvalue weighted by Gasteiger charge is 2.54. The van der Waals surface area contributed by atoms with Crippen LogP contribution < -0.4 is 15.5 Å². The maximum atomic E-state index is 14.7. The second kappa shape index (κ2) is 10.2. The van der Waals surface area contributed by atoms with E-state index in [4.69, 9.17) is 9.97 Å². The number of nitrogens with one attached hydrogen (secondary N) is 2. The Hall–Kier alpha value is -3.82. The number of para-hydroxylation sites is 1. The Morgan fingerprint density at radius 3 is 2.57 bits per heavy atom. The van der Waals surface area contributed by atoms with Crippen molar-refractivity contribution in [1.82, 2.24) is 24.8 Å². The first-order chi connectivity index (χ1) is 20.3. The monoisotopic (exact) mass is 567 g/mol. The van der Waals surface area contributed by atoms with Crippen LogP contribution in [0.25, 0.3) is 22.3 Å². The summed E-state index contributed by atoms with van der Waals surface area (Å²) in [5.74, 6) is 0.457. The predicted octanol–water partition coefficient (Wildman–Crippen LogP) is 5.62. The van der Waals surface area contributed by atoms with Gasteiger partial charge in [0.2, 0.25) is 5.91 Å². The minimum absolute atomic E-state index is 0.151. The fourth-order valence-electron chi connectivity index (χ4n) is 7.02. The molecule has 8 nitrogen and oxygen atoms in total. The van der Waals surface area contributed by atoms with Crippen molar-refractivity contribution in [2.45, 2.75) is 63.1 Å². The number of rotatable bonds is 6. The molecule has 4 aromatic rings. The fraction of sp³-hybridized carbons (Fsp3) is 0.424. The molecule has 0 bridgehead atoms. The largest absolute Gasteiger partial charge is 0.336 e. The summed E-state index contributed by atoms with van der Waals surface area (Å²) in [5, 5.41) is 6.70. The summed E-state index contributed by atoms with van der Waals surface area (Å²) >= 11 is 0. The van der Waals surface area contributed by atoms with Crippen molar-refractivity contribution >= 4 is 34.1 Å². The lowest BCUT2D eigenvalue weighted by atomic mass is 9.74. The molecule has 2 aromatic carbocycles. The summed E-state index contributed by atoms with van der Waals surface area (Å²) in [4.78, 5) is 28.4. The number of carbonyl (C=O) groups excluding carboxylic acids is 1. The van der Waals surface area contributed by atoms with E-state index in [9.17, 15) is 9.18 Å². The van der Waals surface area contributed by atoms with Crippen molar-refractivity contribution in [3.8, 4) is 11.3 Å². The Morgan fingerprint density at radius 1 is 1.10 bits per heavy atom. The molecule has 1 saturated carbocycles. The van der Waals surface area contributed by atoms with Crippen molar-refractivity contribution in [1.29, 1.82) is 0 Å². The standard InChI is InChI=1S/C33H38FN7O/c1-20(2)40-19-36-28-18-27(38-31(30(28)40)37-26-8-6-5-7-25(26)34)21-9-10-24-29(15-21)41(23-16-22(17-23)39(3)4)32(42)33(24)11-13-35-14-12-33/h5-10,15,18-20,22-23,35H,11-14,16-17H2,1-4H3,(H,37,38). The average Bonchev–Trinajstić information content (AvgIpc) is 3.48. The Kier molecular flexibility index (Phi) is 6.55. The molecule has 1 aliphatic carbocycles. The van der Waals surface area contributed by atoms with Crippen molar-refractivity contribution in [2.75, 3.05) is 37.4 Å². The number of pyridine rings is 1. The topological polar surface area (TPSA) is 78.3 Å². The van der Waals surface area contributed by atoms with E-state index in [1.165, 1.54) is 6.07 Å². The number of hydrogen-bond donors (Lipinski definition) is 2. The number of aromatic nitrogens is 3. The number of anilines is 3. The number of piperidine rings is 1. The quantitative estimate of drug-likeness (QED) is 0.315. The second-order valence-electron chi connectivity index (χ2n) is 12.6. The highest BCUT2D eigenvalue weighted by molar-refractivity contribution is 6.09. The van der Waals surface area contributed by atoms with Crippen molar-refractivity contribution in [2.24, 2.45) is 0 Å². The summed E-state index contributed by atoms with van der Waals surface area (Å²) in [7, 11) is 4.23. The average molecular weight is 568 g/mol. The van der Waals surface area contributed by atoms with Gasteiger partial charge >= 0.3 is 0 Å². The minimum Gasteiger partial charge on any atom is -0.336 e. The molecule has 2 aromatic heterocycles. The Balaban J connectivity index is 1.34. The zero-order valence-corrected chi connectivity index (χ0v) is 24.7. The van der Waals surface area contributed by atoms with Crippen LogP contribution in [0.1, 0.15) is 51.1 Å². The van der Waals surface area contributed by atoms with Crippen molar-refractivity contribution in [3.63, 3.8) is 0 Å². The molecule has 0 radical (unpaired) electrons. The molecular formula is C33H38FN7O. The van der Waals surface area contributed by atoms with Gasteiger partial charge in [0.15, 0.2) is 5.82 Å². The fourth-order valence-corrected chi connectivity index (χ4v) is 7.02. The number of carbonyl (C=O) groups is 1. The molecule has 3 aliphatic rings. The van der Waals surface area contributed by atoms with Gasteiger partial charge in [-0.1, -0.05) is 24.3 Å². The summed E-state index contributed by atoms with van der Waals surface area (Å²) in [5.41, 5.74) is 5.30. The number of nitrogens with zero attached hydrogens (tertiary/aromatic N) is 5. The normalized spacial score (nSPS) is 21.4. The first-order valence-corrected chi connectivity index (χ1v) is 15.0. The van der Waals surface area contributed by atoms with Gasteiger partial charge in [-0.3, -0.25) is 4.79 Å². The van der Waals surface area contributed by atoms with Gasteiger partial charge in [-0.15, -0.1) is 0 Å². The van der Waals surface area contributed by atoms with Crippen molar-refractivity contribution in [3.05, 3.63) is 66.2 Å². The maximum Gasteiger partial charge on any atom is 0.238 e. The molecule has 1 amide bonds. The molecule has 42 heavy (non-hydrogen) atoms. The molecule has 2 fully saturated rings. The van der Waals surface area contributed by atoms with Crippen LogP contribution >= 0.6 is 0 Å². The first-order valence-electron chi connectivity index (χ1n) is 15.0. The molecular weight excluding hydrogens is 529 g/mol. The molecule has 1 spiro atoms. The molecule has 4 heterocycles. The van der Waals surface area contributed by atoms with Crippen LogP contribution in [0.5, 0.6) is 0 Å². The third-order valence-corrected chi connectivity index (χ3v) is 9.57. The second-order valence-corrected chi connectivity index (χ2v) is 12.6. The van der Waals surface area contributed by atoms with E-state index in [1.807, 2.05) is 12.4 Å². The SMILES string of the molecule is CC(C)n1cnc2cc(-c3ccc4c(c3)N(C3CC(N(C)C)C3)C(=O)C43CCNCC3)nc(Nc3ccccc3F)c21. The lowest BCUT2D eigenvalue weighted by Gasteiger charge is -2.45. The number of benzene rings is 2. The van der Waals surface area contributed by atoms with Gasteiger partial charge in [-0.2, -0.15) is 0 Å². The van der Waals surface area contributed by atoms with E-state index in [0.29, 0.717) is 17.5 Å². The Morgan fingerprint density at radius 2 is 1.86 bits per heavy atom. The van der Waals surface area contributed by atoms with Gasteiger partial charge in [0, 0.05) is 29.4 Å². The zero-order valence-electron chi connectivity index (χ0n) is 24.7. The van der Waals surface area contributed by atoms with E-state index in [-0.39, 0.29) is 23.8 Å². The summed E-state index contributed by atoms with van der Waals surface area (Å²) in [6, 6.07) is 15.8. The van der Waals surface area contributed by atoms with Crippen LogP contribution in [0.15, 0.2) is 54.9 Å². The number of hydrogen-bond acceptors (Lipinski definition) is 6. The molecule has 218 valence electrons. The van der Waals surface area contributed by atoms with Gasteiger partial charge < -0.3 is 25.0 Å². The zero-order chi connectivity index (χ0) is 29.2. The lowest BCUT2D eigenvalue weighted by Crippen LogP contribution is -2.56. The van der Waals surface area contributed by atoms with Crippen LogP contribution in [0.3, 0.4) is 0 Å². The van der Waals surface area contributed by atoms with E-state index in [1.54, 1.807) is 18.2 Å². The molecule has 1 saturated heterocycles. The van der Waals surface area contributed by atoms with Crippen molar-refractivity contribution < 1.29 is 9.18 Å². The van der Waals surface area contributed by atoms with Crippen LogP contribution in [0.4, 0.5) is 21.6 Å². The predicted molar refractivity (Wildman–Crippen MR) is 165 cm³/mol. The molecule has 2 N–H and O–H groups in total. The summed E-state index contributed by atoms with van der Waals surface area (Å²) in [6.45, 7) is 5.86. The molecule has 9 heteroatoms. The minimum atomic E-state index is -0.465. The van der Waals surface area contributed by atoms with Crippen LogP contribution in [0.2, 0.25) is 0 Å². The van der Waals surface area contributed by atoms with Crippen LogP contribution in [-0.4, -0.2) is 64.6 Å². The summed E-state index contributed by atoms with van der Waals surface area (Å²) < 4.78 is 16.8. The van der Waals surface area contributed by atoms with Crippen LogP contribution in [-0.2, 0) is 10.2 Å². The molecule has 0 unspecified atom stereocenters. The molecule has 7 rings (SSSR count). The summed E-state index contributed by atoms with van der Waals surface area (Å²) in [6.07, 6.45) is 5.39. The van der Waals surface area contributed by atoms with Gasteiger partial charge in [0.1, 0.15) is 11.3 Å². The van der Waals surface area contributed by atoms with Gasteiger partial charge in [0.25, 0.3) is 0 Å². The number of halogens is 1. The lowest BCUT2D eigenvalue weighted by molar-refractivity contribution is -0.125. The third-order valence-electron chi connectivity index (χ3n) is 9.57. The smallest absolute Gasteiger partial charge is 0.238 e. The number of amides is 1. The van der Waals surface area contributed by atoms with E-state index >= 15 is 0 Å². The number of imidazole rings is 1. The Labute approximate surface area is 245 Å². The highest BCUT2D eigenvalue weighted by Crippen LogP contribution is 2.51. The van der Waals surface area contributed by atoms with E-state index in [0.717, 1.165) is 72.3 Å². The van der Waals surface area contributed by atoms with E-state index < -0.39 is 5.41 Å².